The molecule has 0 aliphatic rings. The van der Waals surface area contributed by atoms with Crippen LogP contribution in [0.5, 0.6) is 0 Å². The summed E-state index contributed by atoms with van der Waals surface area (Å²) >= 11 is 8.72. The maximum absolute atomic E-state index is 13.0. The molecule has 72 valence electrons. The van der Waals surface area contributed by atoms with E-state index >= 15 is 0 Å². The highest BCUT2D eigenvalue weighted by Crippen LogP contribution is 2.28. The van der Waals surface area contributed by atoms with Crippen LogP contribution in [0.15, 0.2) is 16.6 Å². The average Bonchev–Trinajstić information content (AvgIpc) is 2.10. The fourth-order valence-electron chi connectivity index (χ4n) is 0.945. The van der Waals surface area contributed by atoms with E-state index in [9.17, 15) is 9.50 Å². The molecule has 2 nitrogen and oxygen atoms in total. The van der Waals surface area contributed by atoms with Crippen LogP contribution in [-0.2, 0) is 0 Å². The Bertz CT molecular complexity index is 321. The number of hydrogen-bond donors (Lipinski definition) is 2. The van der Waals surface area contributed by atoms with Gasteiger partial charge in [-0.2, -0.15) is 0 Å². The van der Waals surface area contributed by atoms with Crippen molar-refractivity contribution in [2.45, 2.75) is 6.10 Å². The summed E-state index contributed by atoms with van der Waals surface area (Å²) in [6.07, 6.45) is -0.931. The molecule has 0 heterocycles. The standard InChI is InChI=1S/C8H8BrClFNO/c9-4-1-5(7(13)3-12)8(10)6(11)2-4/h1-2,7,13H,3,12H2. The first kappa shape index (κ1) is 10.9. The molecule has 3 N–H and O–H groups in total. The largest absolute Gasteiger partial charge is 0.387 e. The highest BCUT2D eigenvalue weighted by Gasteiger charge is 2.14. The van der Waals surface area contributed by atoms with Gasteiger partial charge in [0.1, 0.15) is 5.82 Å². The summed E-state index contributed by atoms with van der Waals surface area (Å²) in [5, 5.41) is 9.28. The normalized spacial score (nSPS) is 13.0. The monoisotopic (exact) mass is 267 g/mol. The second-order valence-electron chi connectivity index (χ2n) is 2.54. The molecule has 1 unspecified atom stereocenters. The van der Waals surface area contributed by atoms with E-state index in [-0.39, 0.29) is 11.6 Å². The topological polar surface area (TPSA) is 46.2 Å². The van der Waals surface area contributed by atoms with Crippen LogP contribution in [0.25, 0.3) is 0 Å². The van der Waals surface area contributed by atoms with Crippen LogP contribution in [0.3, 0.4) is 0 Å². The maximum Gasteiger partial charge on any atom is 0.143 e. The van der Waals surface area contributed by atoms with E-state index in [2.05, 4.69) is 15.9 Å². The highest BCUT2D eigenvalue weighted by molar-refractivity contribution is 9.10. The molecule has 0 fully saturated rings. The van der Waals surface area contributed by atoms with Crippen molar-refractivity contribution in [1.29, 1.82) is 0 Å². The smallest absolute Gasteiger partial charge is 0.143 e. The minimum Gasteiger partial charge on any atom is -0.387 e. The van der Waals surface area contributed by atoms with Crippen molar-refractivity contribution in [3.63, 3.8) is 0 Å². The molecule has 0 aliphatic heterocycles. The van der Waals surface area contributed by atoms with Gasteiger partial charge >= 0.3 is 0 Å². The van der Waals surface area contributed by atoms with Crippen LogP contribution in [-0.4, -0.2) is 11.7 Å². The third-order valence-corrected chi connectivity index (χ3v) is 2.46. The van der Waals surface area contributed by atoms with Crippen molar-refractivity contribution >= 4 is 27.5 Å². The molecule has 0 saturated carbocycles. The third kappa shape index (κ3) is 2.40. The van der Waals surface area contributed by atoms with E-state index in [4.69, 9.17) is 17.3 Å². The lowest BCUT2D eigenvalue weighted by Crippen LogP contribution is -2.12. The lowest BCUT2D eigenvalue weighted by molar-refractivity contribution is 0.186. The summed E-state index contributed by atoms with van der Waals surface area (Å²) < 4.78 is 13.5. The summed E-state index contributed by atoms with van der Waals surface area (Å²) in [7, 11) is 0. The molecule has 0 aromatic heterocycles. The second kappa shape index (κ2) is 4.37. The van der Waals surface area contributed by atoms with Gasteiger partial charge in [-0.3, -0.25) is 0 Å². The molecule has 0 bridgehead atoms. The van der Waals surface area contributed by atoms with Crippen LogP contribution < -0.4 is 5.73 Å². The van der Waals surface area contributed by atoms with Crippen molar-refractivity contribution in [2.75, 3.05) is 6.54 Å². The quantitative estimate of drug-likeness (QED) is 0.808. The van der Waals surface area contributed by atoms with E-state index in [1.807, 2.05) is 0 Å². The van der Waals surface area contributed by atoms with Crippen molar-refractivity contribution in [3.05, 3.63) is 33.0 Å². The number of aliphatic hydroxyl groups is 1. The Morgan fingerprint density at radius 2 is 2.23 bits per heavy atom. The van der Waals surface area contributed by atoms with Crippen molar-refractivity contribution in [3.8, 4) is 0 Å². The molecule has 1 atom stereocenters. The number of rotatable bonds is 2. The van der Waals surface area contributed by atoms with Crippen molar-refractivity contribution < 1.29 is 9.50 Å². The predicted octanol–water partition coefficient (Wildman–Crippen LogP) is 2.23. The molecular weight excluding hydrogens is 260 g/mol. The van der Waals surface area contributed by atoms with Crippen LogP contribution in [0.1, 0.15) is 11.7 Å². The third-order valence-electron chi connectivity index (χ3n) is 1.60. The molecular formula is C8H8BrClFNO. The molecule has 0 spiro atoms. The Hall–Kier alpha value is -0.160. The Balaban J connectivity index is 3.20. The minimum absolute atomic E-state index is 0.00954. The molecule has 13 heavy (non-hydrogen) atoms. The number of hydrogen-bond acceptors (Lipinski definition) is 2. The summed E-state index contributed by atoms with van der Waals surface area (Å²) in [6, 6.07) is 2.78. The van der Waals surface area contributed by atoms with Gasteiger partial charge in [0.15, 0.2) is 0 Å². The molecule has 0 aliphatic carbocycles. The van der Waals surface area contributed by atoms with Gasteiger partial charge in [0, 0.05) is 16.6 Å². The molecule has 0 radical (unpaired) electrons. The van der Waals surface area contributed by atoms with Crippen molar-refractivity contribution in [2.24, 2.45) is 5.73 Å². The van der Waals surface area contributed by atoms with E-state index in [0.29, 0.717) is 10.0 Å². The molecule has 1 rings (SSSR count). The molecule has 1 aromatic rings. The SMILES string of the molecule is NCC(O)c1cc(Br)cc(F)c1Cl. The molecule has 0 saturated heterocycles. The fraction of sp³-hybridized carbons (Fsp3) is 0.250. The van der Waals surface area contributed by atoms with Crippen LogP contribution >= 0.6 is 27.5 Å². The molecule has 1 aromatic carbocycles. The number of halogens is 3. The maximum atomic E-state index is 13.0. The first-order valence-electron chi connectivity index (χ1n) is 3.59. The van der Waals surface area contributed by atoms with Crippen LogP contribution in [0.4, 0.5) is 4.39 Å². The van der Waals surface area contributed by atoms with Crippen LogP contribution in [0.2, 0.25) is 5.02 Å². The van der Waals surface area contributed by atoms with Gasteiger partial charge in [-0.1, -0.05) is 27.5 Å². The Morgan fingerprint density at radius 1 is 1.62 bits per heavy atom. The first-order valence-corrected chi connectivity index (χ1v) is 4.76. The van der Waals surface area contributed by atoms with Gasteiger partial charge in [-0.15, -0.1) is 0 Å². The summed E-state index contributed by atoms with van der Waals surface area (Å²) in [4.78, 5) is 0. The Morgan fingerprint density at radius 3 is 2.77 bits per heavy atom. The van der Waals surface area contributed by atoms with E-state index in [0.717, 1.165) is 0 Å². The molecule has 0 amide bonds. The minimum atomic E-state index is -0.931. The highest BCUT2D eigenvalue weighted by atomic mass is 79.9. The average molecular weight is 269 g/mol. The van der Waals surface area contributed by atoms with Crippen molar-refractivity contribution in [1.82, 2.24) is 0 Å². The van der Waals surface area contributed by atoms with Gasteiger partial charge < -0.3 is 10.8 Å². The lowest BCUT2D eigenvalue weighted by atomic mass is 10.1. The number of benzene rings is 1. The van der Waals surface area contributed by atoms with Gasteiger partial charge in [-0.05, 0) is 12.1 Å². The first-order chi connectivity index (χ1) is 6.06. The fourth-order valence-corrected chi connectivity index (χ4v) is 1.63. The predicted molar refractivity (Wildman–Crippen MR) is 53.1 cm³/mol. The van der Waals surface area contributed by atoms with Gasteiger partial charge in [0.2, 0.25) is 0 Å². The number of aliphatic hydroxyl groups excluding tert-OH is 1. The lowest BCUT2D eigenvalue weighted by Gasteiger charge is -2.11. The number of nitrogens with two attached hydrogens (primary N) is 1. The summed E-state index contributed by atoms with van der Waals surface area (Å²) in [5.74, 6) is -0.571. The zero-order valence-corrected chi connectivity index (χ0v) is 8.94. The Kier molecular flexibility index (Phi) is 3.67. The van der Waals surface area contributed by atoms with Gasteiger partial charge in [0.05, 0.1) is 11.1 Å². The van der Waals surface area contributed by atoms with Crippen LogP contribution in [0, 0.1) is 5.82 Å². The zero-order valence-electron chi connectivity index (χ0n) is 6.60. The zero-order chi connectivity index (χ0) is 10.0. The second-order valence-corrected chi connectivity index (χ2v) is 3.84. The van der Waals surface area contributed by atoms with Gasteiger partial charge in [0.25, 0.3) is 0 Å². The van der Waals surface area contributed by atoms with E-state index < -0.39 is 11.9 Å². The van der Waals surface area contributed by atoms with Gasteiger partial charge in [-0.25, -0.2) is 4.39 Å². The molecule has 5 heteroatoms. The van der Waals surface area contributed by atoms with E-state index in [1.54, 1.807) is 6.07 Å². The van der Waals surface area contributed by atoms with E-state index in [1.165, 1.54) is 6.07 Å². The summed E-state index contributed by atoms with van der Waals surface area (Å²) in [6.45, 7) is 0.00954. The Labute approximate surface area is 88.6 Å². The summed E-state index contributed by atoms with van der Waals surface area (Å²) in [5.41, 5.74) is 5.53.